The summed E-state index contributed by atoms with van der Waals surface area (Å²) in [5, 5.41) is 3.39. The van der Waals surface area contributed by atoms with Crippen LogP contribution in [-0.4, -0.2) is 7.05 Å². The molecule has 0 bridgehead atoms. The van der Waals surface area contributed by atoms with Crippen LogP contribution in [0, 0.1) is 6.92 Å². The monoisotopic (exact) mass is 269 g/mol. The predicted octanol–water partition coefficient (Wildman–Crippen LogP) is 4.21. The largest absolute Gasteiger partial charge is 0.313 e. The molecule has 0 saturated carbocycles. The van der Waals surface area contributed by atoms with E-state index in [1.54, 1.807) is 0 Å². The molecule has 1 nitrogen and oxygen atoms in total. The molecule has 84 valence electrons. The predicted molar refractivity (Wildman–Crippen MR) is 70.2 cm³/mol. The molecule has 15 heavy (non-hydrogen) atoms. The fourth-order valence-corrected chi connectivity index (χ4v) is 2.32. The first-order chi connectivity index (χ1) is 7.19. The van der Waals surface area contributed by atoms with E-state index < -0.39 is 0 Å². The van der Waals surface area contributed by atoms with Crippen LogP contribution >= 0.6 is 15.9 Å². The van der Waals surface area contributed by atoms with Crippen LogP contribution in [0.1, 0.15) is 43.4 Å². The highest BCUT2D eigenvalue weighted by molar-refractivity contribution is 9.10. The van der Waals surface area contributed by atoms with Crippen molar-refractivity contribution in [3.05, 3.63) is 33.8 Å². The first-order valence-corrected chi connectivity index (χ1v) is 6.41. The van der Waals surface area contributed by atoms with Gasteiger partial charge in [-0.25, -0.2) is 0 Å². The number of rotatable bonds is 5. The Morgan fingerprint density at radius 3 is 2.73 bits per heavy atom. The van der Waals surface area contributed by atoms with E-state index in [0.717, 1.165) is 0 Å². The van der Waals surface area contributed by atoms with Crippen LogP contribution in [0.3, 0.4) is 0 Å². The highest BCUT2D eigenvalue weighted by Crippen LogP contribution is 2.27. The summed E-state index contributed by atoms with van der Waals surface area (Å²) in [5.74, 6) is 0. The summed E-state index contributed by atoms with van der Waals surface area (Å²) in [4.78, 5) is 0. The van der Waals surface area contributed by atoms with Gasteiger partial charge >= 0.3 is 0 Å². The van der Waals surface area contributed by atoms with Crippen LogP contribution < -0.4 is 5.32 Å². The van der Waals surface area contributed by atoms with Crippen molar-refractivity contribution in [2.24, 2.45) is 0 Å². The van der Waals surface area contributed by atoms with Crippen LogP contribution in [0.15, 0.2) is 22.7 Å². The summed E-state index contributed by atoms with van der Waals surface area (Å²) in [5.41, 5.74) is 2.70. The summed E-state index contributed by atoms with van der Waals surface area (Å²) in [6, 6.07) is 7.02. The summed E-state index contributed by atoms with van der Waals surface area (Å²) >= 11 is 3.62. The Kier molecular flexibility index (Phi) is 5.34. The van der Waals surface area contributed by atoms with Gasteiger partial charge in [0, 0.05) is 10.5 Å². The molecule has 1 aromatic rings. The number of unbranched alkanes of at least 4 members (excludes halogenated alkanes) is 1. The van der Waals surface area contributed by atoms with Crippen molar-refractivity contribution in [2.45, 2.75) is 39.2 Å². The van der Waals surface area contributed by atoms with Gasteiger partial charge in [-0.3, -0.25) is 0 Å². The molecule has 1 rings (SSSR count). The van der Waals surface area contributed by atoms with Gasteiger partial charge in [0.1, 0.15) is 0 Å². The number of halogens is 1. The standard InChI is InChI=1S/C13H20BrN/c1-4-5-6-13(15-3)11-9-10(2)7-8-12(11)14/h7-9,13,15H,4-6H2,1-3H3. The van der Waals surface area contributed by atoms with E-state index in [2.05, 4.69) is 53.3 Å². The molecule has 0 aliphatic carbocycles. The molecule has 0 spiro atoms. The van der Waals surface area contributed by atoms with Gasteiger partial charge in [-0.2, -0.15) is 0 Å². The van der Waals surface area contributed by atoms with E-state index in [1.165, 1.54) is 34.9 Å². The normalized spacial score (nSPS) is 12.8. The highest BCUT2D eigenvalue weighted by Gasteiger charge is 2.11. The van der Waals surface area contributed by atoms with Gasteiger partial charge in [0.2, 0.25) is 0 Å². The average Bonchev–Trinajstić information content (AvgIpc) is 2.24. The second-order valence-electron chi connectivity index (χ2n) is 4.01. The smallest absolute Gasteiger partial charge is 0.0328 e. The Balaban J connectivity index is 2.85. The lowest BCUT2D eigenvalue weighted by molar-refractivity contribution is 0.521. The highest BCUT2D eigenvalue weighted by atomic mass is 79.9. The molecule has 0 saturated heterocycles. The quantitative estimate of drug-likeness (QED) is 0.845. The number of hydrogen-bond acceptors (Lipinski definition) is 1. The van der Waals surface area contributed by atoms with Crippen molar-refractivity contribution >= 4 is 15.9 Å². The average molecular weight is 270 g/mol. The summed E-state index contributed by atoms with van der Waals surface area (Å²) in [7, 11) is 2.04. The number of nitrogens with one attached hydrogen (secondary N) is 1. The maximum Gasteiger partial charge on any atom is 0.0328 e. The van der Waals surface area contributed by atoms with Crippen molar-refractivity contribution in [2.75, 3.05) is 7.05 Å². The minimum absolute atomic E-state index is 0.472. The molecule has 0 aliphatic rings. The fourth-order valence-electron chi connectivity index (χ4n) is 1.79. The number of aryl methyl sites for hydroxylation is 1. The van der Waals surface area contributed by atoms with Crippen LogP contribution in [0.2, 0.25) is 0 Å². The molecule has 2 heteroatoms. The summed E-state index contributed by atoms with van der Waals surface area (Å²) < 4.78 is 1.21. The zero-order chi connectivity index (χ0) is 11.3. The van der Waals surface area contributed by atoms with Crippen molar-refractivity contribution < 1.29 is 0 Å². The summed E-state index contributed by atoms with van der Waals surface area (Å²) in [6.45, 7) is 4.38. The SMILES string of the molecule is CCCCC(NC)c1cc(C)ccc1Br. The second kappa shape index (κ2) is 6.29. The van der Waals surface area contributed by atoms with Crippen LogP contribution in [0.5, 0.6) is 0 Å². The Morgan fingerprint density at radius 1 is 1.40 bits per heavy atom. The van der Waals surface area contributed by atoms with Gasteiger partial charge in [-0.05, 0) is 32.0 Å². The van der Waals surface area contributed by atoms with E-state index in [1.807, 2.05) is 7.05 Å². The van der Waals surface area contributed by atoms with Crippen molar-refractivity contribution in [3.8, 4) is 0 Å². The second-order valence-corrected chi connectivity index (χ2v) is 4.86. The van der Waals surface area contributed by atoms with E-state index in [0.29, 0.717) is 6.04 Å². The molecule has 1 N–H and O–H groups in total. The van der Waals surface area contributed by atoms with Gasteiger partial charge in [0.15, 0.2) is 0 Å². The van der Waals surface area contributed by atoms with Crippen molar-refractivity contribution in [1.82, 2.24) is 5.32 Å². The van der Waals surface area contributed by atoms with E-state index in [-0.39, 0.29) is 0 Å². The molecule has 0 aromatic heterocycles. The van der Waals surface area contributed by atoms with Crippen LogP contribution in [-0.2, 0) is 0 Å². The van der Waals surface area contributed by atoms with Gasteiger partial charge in [-0.15, -0.1) is 0 Å². The molecule has 0 fully saturated rings. The molecule has 1 aromatic carbocycles. The molecule has 1 atom stereocenters. The van der Waals surface area contributed by atoms with Crippen LogP contribution in [0.4, 0.5) is 0 Å². The Bertz CT molecular complexity index is 309. The van der Waals surface area contributed by atoms with Crippen LogP contribution in [0.25, 0.3) is 0 Å². The number of benzene rings is 1. The molecular weight excluding hydrogens is 250 g/mol. The van der Waals surface area contributed by atoms with E-state index in [4.69, 9.17) is 0 Å². The van der Waals surface area contributed by atoms with Gasteiger partial charge in [-0.1, -0.05) is 53.4 Å². The van der Waals surface area contributed by atoms with E-state index in [9.17, 15) is 0 Å². The Morgan fingerprint density at radius 2 is 2.13 bits per heavy atom. The van der Waals surface area contributed by atoms with Gasteiger partial charge < -0.3 is 5.32 Å². The lowest BCUT2D eigenvalue weighted by Crippen LogP contribution is -2.16. The Labute approximate surface area is 101 Å². The molecule has 0 aliphatic heterocycles. The topological polar surface area (TPSA) is 12.0 Å². The first kappa shape index (κ1) is 12.7. The van der Waals surface area contributed by atoms with Gasteiger partial charge in [0.25, 0.3) is 0 Å². The molecule has 1 unspecified atom stereocenters. The molecular formula is C13H20BrN. The Hall–Kier alpha value is -0.340. The molecule has 0 amide bonds. The third kappa shape index (κ3) is 3.62. The summed E-state index contributed by atoms with van der Waals surface area (Å²) in [6.07, 6.45) is 3.72. The van der Waals surface area contributed by atoms with Crippen molar-refractivity contribution in [1.29, 1.82) is 0 Å². The zero-order valence-corrected chi connectivity index (χ0v) is 11.4. The first-order valence-electron chi connectivity index (χ1n) is 5.62. The zero-order valence-electron chi connectivity index (χ0n) is 9.81. The third-order valence-electron chi connectivity index (χ3n) is 2.72. The van der Waals surface area contributed by atoms with Crippen molar-refractivity contribution in [3.63, 3.8) is 0 Å². The van der Waals surface area contributed by atoms with Gasteiger partial charge in [0.05, 0.1) is 0 Å². The lowest BCUT2D eigenvalue weighted by atomic mass is 10.00. The molecule has 0 radical (unpaired) electrons. The minimum atomic E-state index is 0.472. The van der Waals surface area contributed by atoms with E-state index >= 15 is 0 Å². The fraction of sp³-hybridized carbons (Fsp3) is 0.538. The minimum Gasteiger partial charge on any atom is -0.313 e. The maximum atomic E-state index is 3.62. The maximum absolute atomic E-state index is 3.62. The molecule has 0 heterocycles. The number of hydrogen-bond donors (Lipinski definition) is 1. The third-order valence-corrected chi connectivity index (χ3v) is 3.44. The lowest BCUT2D eigenvalue weighted by Gasteiger charge is -2.18.